The molecule has 4 N–H and O–H groups in total. The van der Waals surface area contributed by atoms with Crippen molar-refractivity contribution in [3.8, 4) is 0 Å². The van der Waals surface area contributed by atoms with E-state index >= 15 is 0 Å². The monoisotopic (exact) mass is 333 g/mol. The van der Waals surface area contributed by atoms with E-state index in [9.17, 15) is 14.7 Å². The smallest absolute Gasteiger partial charge is 0.249 e. The maximum Gasteiger partial charge on any atom is 0.249 e. The van der Waals surface area contributed by atoms with E-state index < -0.39 is 22.8 Å². The number of nitrogens with zero attached hydrogens (tertiary/aromatic N) is 1. The fourth-order valence-corrected chi connectivity index (χ4v) is 4.44. The molecule has 0 saturated carbocycles. The number of nitrogens with one attached hydrogen (secondary N) is 2. The summed E-state index contributed by atoms with van der Waals surface area (Å²) in [5.74, 6) is -1.57. The molecule has 2 aliphatic rings. The molecular formula is C10H13N4O3S3-. The third-order valence-electron chi connectivity index (χ3n) is 3.19. The molecule has 2 rings (SSSR count). The summed E-state index contributed by atoms with van der Waals surface area (Å²) >= 11 is 11.0. The topological polar surface area (TPSA) is 111 Å². The number of carboxylic acid groups (broad SMARTS) is 1. The van der Waals surface area contributed by atoms with Crippen LogP contribution in [0.4, 0.5) is 0 Å². The molecule has 0 aliphatic carbocycles. The van der Waals surface area contributed by atoms with Gasteiger partial charge in [-0.1, -0.05) is 0 Å². The number of hydrogen-bond donors (Lipinski definition) is 3. The summed E-state index contributed by atoms with van der Waals surface area (Å²) in [6, 6.07) is -1.53. The van der Waals surface area contributed by atoms with Crippen LogP contribution in [0.5, 0.6) is 0 Å². The Labute approximate surface area is 130 Å². The first-order chi connectivity index (χ1) is 9.15. The molecule has 2 aliphatic heterocycles. The zero-order chi connectivity index (χ0) is 15.2. The van der Waals surface area contributed by atoms with Crippen LogP contribution >= 0.6 is 36.2 Å². The van der Waals surface area contributed by atoms with Crippen LogP contribution in [0.3, 0.4) is 0 Å². The first-order valence-corrected chi connectivity index (χ1v) is 7.42. The van der Waals surface area contributed by atoms with Gasteiger partial charge >= 0.3 is 0 Å². The lowest BCUT2D eigenvalue weighted by Crippen LogP contribution is -2.72. The number of thiocarbonyl (C=S) groups is 2. The van der Waals surface area contributed by atoms with Gasteiger partial charge in [0.2, 0.25) is 5.91 Å². The number of carboxylic acids is 1. The Kier molecular flexibility index (Phi) is 3.82. The van der Waals surface area contributed by atoms with E-state index in [1.165, 1.54) is 16.7 Å². The first kappa shape index (κ1) is 15.3. The Bertz CT molecular complexity index is 510. The van der Waals surface area contributed by atoms with Crippen molar-refractivity contribution in [3.05, 3.63) is 0 Å². The molecular weight excluding hydrogens is 320 g/mol. The van der Waals surface area contributed by atoms with Crippen LogP contribution in [-0.4, -0.2) is 49.2 Å². The minimum atomic E-state index is -1.25. The van der Waals surface area contributed by atoms with Crippen molar-refractivity contribution >= 4 is 58.3 Å². The van der Waals surface area contributed by atoms with Gasteiger partial charge < -0.3 is 31.2 Å². The Morgan fingerprint density at radius 3 is 2.60 bits per heavy atom. The molecule has 1 amide bonds. The van der Waals surface area contributed by atoms with Gasteiger partial charge in [0.15, 0.2) is 10.2 Å². The second kappa shape index (κ2) is 5.01. The van der Waals surface area contributed by atoms with Crippen LogP contribution in [0.1, 0.15) is 13.8 Å². The lowest BCUT2D eigenvalue weighted by Gasteiger charge is -2.45. The van der Waals surface area contributed by atoms with Crippen LogP contribution < -0.4 is 21.5 Å². The van der Waals surface area contributed by atoms with Crippen LogP contribution in [0, 0.1) is 0 Å². The number of rotatable bonds is 2. The summed E-state index contributed by atoms with van der Waals surface area (Å²) in [6.07, 6.45) is 0. The van der Waals surface area contributed by atoms with Gasteiger partial charge in [0.25, 0.3) is 0 Å². The minimum absolute atomic E-state index is 0.00172. The van der Waals surface area contributed by atoms with Gasteiger partial charge in [0.1, 0.15) is 11.4 Å². The normalized spacial score (nSPS) is 30.2. The van der Waals surface area contributed by atoms with E-state index in [1.54, 1.807) is 13.8 Å². The molecule has 0 unspecified atom stereocenters. The van der Waals surface area contributed by atoms with Gasteiger partial charge in [-0.05, 0) is 38.3 Å². The van der Waals surface area contributed by atoms with E-state index in [1.807, 2.05) is 0 Å². The fourth-order valence-electron chi connectivity index (χ4n) is 2.42. The molecule has 110 valence electrons. The Hall–Kier alpha value is -1.13. The van der Waals surface area contributed by atoms with E-state index in [-0.39, 0.29) is 21.5 Å². The summed E-state index contributed by atoms with van der Waals surface area (Å²) in [5, 5.41) is 16.4. The van der Waals surface area contributed by atoms with Crippen molar-refractivity contribution in [3.63, 3.8) is 0 Å². The second-order valence-electron chi connectivity index (χ2n) is 5.02. The molecule has 0 aromatic carbocycles. The van der Waals surface area contributed by atoms with Crippen LogP contribution in [0.2, 0.25) is 0 Å². The lowest BCUT2D eigenvalue weighted by atomic mass is 9.96. The quantitative estimate of drug-likeness (QED) is 0.386. The number of carbonyl (C=O) groups excluding carboxylic acids is 2. The maximum atomic E-state index is 12.1. The highest BCUT2D eigenvalue weighted by Crippen LogP contribution is 2.50. The molecule has 10 heteroatoms. The number of β-lactam (4-membered cyclic amide) rings is 1. The number of thioether (sulfide) groups is 1. The van der Waals surface area contributed by atoms with Crippen molar-refractivity contribution in [1.82, 2.24) is 15.5 Å². The zero-order valence-corrected chi connectivity index (χ0v) is 13.2. The molecule has 0 aromatic heterocycles. The van der Waals surface area contributed by atoms with Gasteiger partial charge in [0, 0.05) is 4.75 Å². The van der Waals surface area contributed by atoms with Crippen molar-refractivity contribution in [2.24, 2.45) is 5.73 Å². The highest BCUT2D eigenvalue weighted by Gasteiger charge is 2.62. The highest BCUT2D eigenvalue weighted by molar-refractivity contribution is 8.01. The lowest BCUT2D eigenvalue weighted by molar-refractivity contribution is -0.312. The van der Waals surface area contributed by atoms with Gasteiger partial charge in [-0.3, -0.25) is 4.79 Å². The van der Waals surface area contributed by atoms with Crippen molar-refractivity contribution in [1.29, 1.82) is 0 Å². The van der Waals surface area contributed by atoms with Gasteiger partial charge in [-0.15, -0.1) is 11.8 Å². The zero-order valence-electron chi connectivity index (χ0n) is 10.7. The molecule has 7 nitrogen and oxygen atoms in total. The molecule has 0 spiro atoms. The summed E-state index contributed by atoms with van der Waals surface area (Å²) in [7, 11) is 0. The average Bonchev–Trinajstić information content (AvgIpc) is 2.54. The van der Waals surface area contributed by atoms with Gasteiger partial charge in [-0.2, -0.15) is 0 Å². The SMILES string of the molecule is CC1(C)S[C@@H]2[C@H](NC(=S)NC(N)=S)C(=O)N2[C@H]1C(=O)[O-]. The summed E-state index contributed by atoms with van der Waals surface area (Å²) in [4.78, 5) is 24.6. The second-order valence-corrected chi connectivity index (χ2v) is 7.64. The predicted molar refractivity (Wildman–Crippen MR) is 80.5 cm³/mol. The molecule has 0 radical (unpaired) electrons. The third-order valence-corrected chi connectivity index (χ3v) is 5.08. The Balaban J connectivity index is 2.09. The van der Waals surface area contributed by atoms with E-state index in [2.05, 4.69) is 22.9 Å². The molecule has 20 heavy (non-hydrogen) atoms. The number of hydrogen-bond acceptors (Lipinski definition) is 6. The maximum absolute atomic E-state index is 12.1. The third kappa shape index (κ3) is 2.42. The fraction of sp³-hybridized carbons (Fsp3) is 0.600. The number of amides is 1. The minimum Gasteiger partial charge on any atom is -0.548 e. The number of nitrogens with two attached hydrogens (primary N) is 1. The largest absolute Gasteiger partial charge is 0.548 e. The molecule has 2 heterocycles. The van der Waals surface area contributed by atoms with Crippen LogP contribution in [0.15, 0.2) is 0 Å². The molecule has 2 saturated heterocycles. The summed E-state index contributed by atoms with van der Waals surface area (Å²) < 4.78 is -0.617. The van der Waals surface area contributed by atoms with Crippen LogP contribution in [0.25, 0.3) is 0 Å². The molecule has 0 bridgehead atoms. The predicted octanol–water partition coefficient (Wildman–Crippen LogP) is -2.13. The summed E-state index contributed by atoms with van der Waals surface area (Å²) in [6.45, 7) is 3.54. The number of aliphatic carboxylic acids is 1. The standard InChI is InChI=1S/C10H14N4O3S3/c1-10(2)4(7(16)17)14-5(15)3(6(14)20-10)12-9(19)13-8(11)18/h3-4,6H,1-2H3,(H,16,17)(H4,11,12,13,18,19)/p-1/t3-,4+,6-/m1/s1. The Morgan fingerprint density at radius 2 is 2.10 bits per heavy atom. The first-order valence-electron chi connectivity index (χ1n) is 5.73. The van der Waals surface area contributed by atoms with E-state index in [4.69, 9.17) is 18.0 Å². The van der Waals surface area contributed by atoms with Gasteiger partial charge in [0.05, 0.1) is 12.0 Å². The van der Waals surface area contributed by atoms with Crippen molar-refractivity contribution in [2.45, 2.75) is 36.1 Å². The average molecular weight is 333 g/mol. The van der Waals surface area contributed by atoms with Crippen LogP contribution in [-0.2, 0) is 9.59 Å². The molecule has 0 aromatic rings. The van der Waals surface area contributed by atoms with E-state index in [0.717, 1.165) is 0 Å². The molecule has 3 atom stereocenters. The number of fused-ring (bicyclic) bond motifs is 1. The highest BCUT2D eigenvalue weighted by atomic mass is 32.2. The van der Waals surface area contributed by atoms with Crippen molar-refractivity contribution < 1.29 is 14.7 Å². The summed E-state index contributed by atoms with van der Waals surface area (Å²) in [5.41, 5.74) is 5.28. The van der Waals surface area contributed by atoms with Gasteiger partial charge in [-0.25, -0.2) is 0 Å². The number of carbonyl (C=O) groups is 2. The van der Waals surface area contributed by atoms with E-state index in [0.29, 0.717) is 0 Å². The molecule has 2 fully saturated rings. The van der Waals surface area contributed by atoms with Crippen molar-refractivity contribution in [2.75, 3.05) is 0 Å². The Morgan fingerprint density at radius 1 is 1.50 bits per heavy atom.